The van der Waals surface area contributed by atoms with Gasteiger partial charge in [-0.3, -0.25) is 9.59 Å². The number of nitrogens with one attached hydrogen (secondary N) is 1. The molecule has 0 bridgehead atoms. The summed E-state index contributed by atoms with van der Waals surface area (Å²) >= 11 is 0. The summed E-state index contributed by atoms with van der Waals surface area (Å²) in [6.45, 7) is 1.78. The van der Waals surface area contributed by atoms with Gasteiger partial charge in [0.15, 0.2) is 5.69 Å². The van der Waals surface area contributed by atoms with E-state index in [1.165, 1.54) is 25.1 Å². The maximum atomic E-state index is 13.0. The molecule has 0 unspecified atom stereocenters. The number of hydrogen-bond donors (Lipinski definition) is 2. The van der Waals surface area contributed by atoms with E-state index in [1.807, 2.05) is 0 Å². The molecule has 1 aromatic carbocycles. The van der Waals surface area contributed by atoms with Crippen LogP contribution in [0.25, 0.3) is 5.69 Å². The molecule has 2 aromatic rings. The van der Waals surface area contributed by atoms with Gasteiger partial charge in [-0.1, -0.05) is 18.9 Å². The number of halogens is 3. The molecule has 1 amide bonds. The van der Waals surface area contributed by atoms with E-state index in [4.69, 9.17) is 5.73 Å². The van der Waals surface area contributed by atoms with Crippen molar-refractivity contribution in [2.45, 2.75) is 44.3 Å². The van der Waals surface area contributed by atoms with Gasteiger partial charge >= 0.3 is 6.18 Å². The van der Waals surface area contributed by atoms with Gasteiger partial charge < -0.3 is 11.1 Å². The zero-order chi connectivity index (χ0) is 20.5. The lowest BCUT2D eigenvalue weighted by Gasteiger charge is -2.28. The Labute approximate surface area is 159 Å². The molecule has 1 aliphatic rings. The number of carbonyl (C=O) groups excluding carboxylic acids is 1. The predicted molar refractivity (Wildman–Crippen MR) is 97.3 cm³/mol. The maximum Gasteiger partial charge on any atom is 0.416 e. The highest BCUT2D eigenvalue weighted by Gasteiger charge is 2.35. The van der Waals surface area contributed by atoms with E-state index in [0.717, 1.165) is 29.7 Å². The van der Waals surface area contributed by atoms with Crippen molar-refractivity contribution in [3.8, 4) is 5.69 Å². The van der Waals surface area contributed by atoms with Crippen molar-refractivity contribution in [3.05, 3.63) is 57.5 Å². The number of alkyl halides is 3. The first-order valence-corrected chi connectivity index (χ1v) is 8.96. The van der Waals surface area contributed by atoms with Gasteiger partial charge in [0.05, 0.1) is 16.8 Å². The second kappa shape index (κ2) is 7.38. The number of rotatable bonds is 4. The minimum atomic E-state index is -4.51. The van der Waals surface area contributed by atoms with Crippen molar-refractivity contribution >= 4 is 5.91 Å². The number of nitrogens with zero attached hydrogens (tertiary/aromatic N) is 2. The number of aromatic nitrogens is 2. The van der Waals surface area contributed by atoms with Crippen LogP contribution in [0.15, 0.2) is 35.1 Å². The number of amides is 1. The van der Waals surface area contributed by atoms with Crippen LogP contribution >= 0.6 is 0 Å². The molecule has 1 saturated carbocycles. The highest BCUT2D eigenvalue weighted by molar-refractivity contribution is 5.92. The van der Waals surface area contributed by atoms with Crippen LogP contribution < -0.4 is 16.5 Å². The Bertz CT molecular complexity index is 947. The van der Waals surface area contributed by atoms with Crippen LogP contribution in [0.3, 0.4) is 0 Å². The van der Waals surface area contributed by atoms with Crippen LogP contribution in [0, 0.1) is 6.92 Å². The van der Waals surface area contributed by atoms with Gasteiger partial charge in [0, 0.05) is 18.3 Å². The molecule has 0 radical (unpaired) electrons. The van der Waals surface area contributed by atoms with Crippen LogP contribution in [0.1, 0.15) is 47.4 Å². The smallest absolute Gasteiger partial charge is 0.344 e. The van der Waals surface area contributed by atoms with Gasteiger partial charge in [-0.25, -0.2) is 4.68 Å². The summed E-state index contributed by atoms with van der Waals surface area (Å²) in [5, 5.41) is 6.87. The summed E-state index contributed by atoms with van der Waals surface area (Å²) < 4.78 is 40.2. The first-order valence-electron chi connectivity index (χ1n) is 8.96. The Morgan fingerprint density at radius 2 is 1.96 bits per heavy atom. The number of aryl methyl sites for hydroxylation is 1. The lowest BCUT2D eigenvalue weighted by molar-refractivity contribution is -0.137. The van der Waals surface area contributed by atoms with Crippen molar-refractivity contribution in [2.24, 2.45) is 5.73 Å². The molecule has 3 N–H and O–H groups in total. The topological polar surface area (TPSA) is 90.0 Å². The van der Waals surface area contributed by atoms with Gasteiger partial charge in [0.2, 0.25) is 5.43 Å². The minimum Gasteiger partial charge on any atom is -0.344 e. The second-order valence-electron chi connectivity index (χ2n) is 7.10. The molecule has 6 nitrogen and oxygen atoms in total. The SMILES string of the molecule is Cc1cc(=O)c(C(=O)NC2(CN)CCCC2)nn1-c1cccc(C(F)(F)F)c1. The van der Waals surface area contributed by atoms with Crippen molar-refractivity contribution in [1.29, 1.82) is 0 Å². The molecule has 1 aliphatic carbocycles. The molecule has 0 saturated heterocycles. The molecule has 1 aromatic heterocycles. The monoisotopic (exact) mass is 394 g/mol. The fourth-order valence-corrected chi connectivity index (χ4v) is 3.51. The summed E-state index contributed by atoms with van der Waals surface area (Å²) in [5.41, 5.74) is 3.85. The van der Waals surface area contributed by atoms with Gasteiger partial charge in [-0.2, -0.15) is 18.3 Å². The Hall–Kier alpha value is -2.68. The van der Waals surface area contributed by atoms with E-state index < -0.39 is 28.6 Å². The van der Waals surface area contributed by atoms with Crippen LogP contribution in [-0.4, -0.2) is 27.8 Å². The molecular weight excluding hydrogens is 373 g/mol. The first kappa shape index (κ1) is 20.1. The maximum absolute atomic E-state index is 13.0. The lowest BCUT2D eigenvalue weighted by Crippen LogP contribution is -2.52. The van der Waals surface area contributed by atoms with Gasteiger partial charge in [0.25, 0.3) is 5.91 Å². The third-order valence-electron chi connectivity index (χ3n) is 5.07. The van der Waals surface area contributed by atoms with E-state index in [2.05, 4.69) is 10.4 Å². The Balaban J connectivity index is 2.00. The van der Waals surface area contributed by atoms with Gasteiger partial charge in [-0.05, 0) is 38.0 Å². The summed E-state index contributed by atoms with van der Waals surface area (Å²) in [6, 6.07) is 5.73. The molecule has 0 atom stereocenters. The van der Waals surface area contributed by atoms with Crippen molar-refractivity contribution in [1.82, 2.24) is 15.1 Å². The fourth-order valence-electron chi connectivity index (χ4n) is 3.51. The first-order chi connectivity index (χ1) is 13.1. The third kappa shape index (κ3) is 3.94. The summed E-state index contributed by atoms with van der Waals surface area (Å²) in [7, 11) is 0. The van der Waals surface area contributed by atoms with Crippen molar-refractivity contribution < 1.29 is 18.0 Å². The Kier molecular flexibility index (Phi) is 5.29. The summed E-state index contributed by atoms with van der Waals surface area (Å²) in [6.07, 6.45) is -1.24. The van der Waals surface area contributed by atoms with E-state index >= 15 is 0 Å². The average molecular weight is 394 g/mol. The zero-order valence-electron chi connectivity index (χ0n) is 15.3. The number of nitrogens with two attached hydrogens (primary N) is 1. The molecule has 0 spiro atoms. The predicted octanol–water partition coefficient (Wildman–Crippen LogP) is 2.56. The molecule has 3 rings (SSSR count). The van der Waals surface area contributed by atoms with Crippen LogP contribution in [0.4, 0.5) is 13.2 Å². The minimum absolute atomic E-state index is 0.107. The third-order valence-corrected chi connectivity index (χ3v) is 5.07. The Morgan fingerprint density at radius 3 is 2.57 bits per heavy atom. The standard InChI is InChI=1S/C19H21F3N4O2/c1-12-9-15(27)16(17(28)24-18(11-23)7-2-3-8-18)25-26(12)14-6-4-5-13(10-14)19(20,21)22/h4-6,9-10H,2-3,7-8,11,23H2,1H3,(H,24,28). The number of hydrogen-bond acceptors (Lipinski definition) is 4. The zero-order valence-corrected chi connectivity index (χ0v) is 15.3. The molecular formula is C19H21F3N4O2. The number of benzene rings is 1. The second-order valence-corrected chi connectivity index (χ2v) is 7.10. The lowest BCUT2D eigenvalue weighted by atomic mass is 9.97. The largest absolute Gasteiger partial charge is 0.416 e. The molecule has 1 heterocycles. The van der Waals surface area contributed by atoms with Crippen LogP contribution in [0.2, 0.25) is 0 Å². The Morgan fingerprint density at radius 1 is 1.29 bits per heavy atom. The summed E-state index contributed by atoms with van der Waals surface area (Å²) in [4.78, 5) is 25.0. The van der Waals surface area contributed by atoms with Crippen LogP contribution in [0.5, 0.6) is 0 Å². The highest BCUT2D eigenvalue weighted by atomic mass is 19.4. The van der Waals surface area contributed by atoms with E-state index in [1.54, 1.807) is 0 Å². The normalized spacial score (nSPS) is 16.2. The molecule has 150 valence electrons. The fraction of sp³-hybridized carbons (Fsp3) is 0.421. The highest BCUT2D eigenvalue weighted by Crippen LogP contribution is 2.30. The number of carbonyl (C=O) groups is 1. The molecule has 0 aliphatic heterocycles. The van der Waals surface area contributed by atoms with E-state index in [-0.39, 0.29) is 17.9 Å². The summed E-state index contributed by atoms with van der Waals surface area (Å²) in [5.74, 6) is -0.668. The van der Waals surface area contributed by atoms with Gasteiger partial charge in [0.1, 0.15) is 0 Å². The average Bonchev–Trinajstić information content (AvgIpc) is 3.10. The molecule has 1 fully saturated rings. The van der Waals surface area contributed by atoms with E-state index in [0.29, 0.717) is 18.5 Å². The molecule has 28 heavy (non-hydrogen) atoms. The van der Waals surface area contributed by atoms with Gasteiger partial charge in [-0.15, -0.1) is 0 Å². The van der Waals surface area contributed by atoms with Crippen molar-refractivity contribution in [3.63, 3.8) is 0 Å². The van der Waals surface area contributed by atoms with Crippen LogP contribution in [-0.2, 0) is 6.18 Å². The quantitative estimate of drug-likeness (QED) is 0.834. The van der Waals surface area contributed by atoms with E-state index in [9.17, 15) is 22.8 Å². The molecule has 9 heteroatoms. The van der Waals surface area contributed by atoms with Crippen molar-refractivity contribution in [2.75, 3.05) is 6.54 Å².